The van der Waals surface area contributed by atoms with Crippen LogP contribution < -0.4 is 4.74 Å². The van der Waals surface area contributed by atoms with Crippen molar-refractivity contribution in [2.45, 2.75) is 89.2 Å². The van der Waals surface area contributed by atoms with Gasteiger partial charge in [-0.1, -0.05) is 42.5 Å². The van der Waals surface area contributed by atoms with Crippen LogP contribution in [0.15, 0.2) is 59.6 Å². The van der Waals surface area contributed by atoms with Crippen molar-refractivity contribution in [1.82, 2.24) is 9.78 Å². The van der Waals surface area contributed by atoms with Gasteiger partial charge in [0.1, 0.15) is 28.7 Å². The van der Waals surface area contributed by atoms with E-state index in [-0.39, 0.29) is 18.9 Å². The minimum atomic E-state index is -0.494. The second-order valence-corrected chi connectivity index (χ2v) is 14.4. The third kappa shape index (κ3) is 10.1. The fourth-order valence-corrected chi connectivity index (χ4v) is 7.22. The first-order chi connectivity index (χ1) is 22.3. The number of benzene rings is 2. The van der Waals surface area contributed by atoms with Crippen molar-refractivity contribution in [1.29, 1.82) is 0 Å². The molecule has 2 fully saturated rings. The standard InChI is InChI=1S/C37H50N2O6S/c1-37(2,3)45-32(40)26-42-25-28-18-16-27(17-19-28)24-39-36(46-22-21-44-33-15-8-9-20-43-33)34(30-13-10-14-31(23-30)41-4)35(38-39)29-11-6-5-7-12-29/h5-7,10-14,23,27-28,33H,8-9,15-22,24-26H2,1-4H3/t27-,28-,33?. The Morgan fingerprint density at radius 3 is 2.46 bits per heavy atom. The Morgan fingerprint density at radius 2 is 1.74 bits per heavy atom. The van der Waals surface area contributed by atoms with E-state index in [1.54, 1.807) is 7.11 Å². The van der Waals surface area contributed by atoms with Crippen LogP contribution in [0.1, 0.15) is 65.7 Å². The highest BCUT2D eigenvalue weighted by molar-refractivity contribution is 7.99. The Kier molecular flexibility index (Phi) is 12.6. The summed E-state index contributed by atoms with van der Waals surface area (Å²) in [7, 11) is 1.71. The Hall–Kier alpha value is -2.85. The summed E-state index contributed by atoms with van der Waals surface area (Å²) in [6.45, 7) is 8.48. The van der Waals surface area contributed by atoms with Crippen LogP contribution >= 0.6 is 11.8 Å². The number of nitrogens with zero attached hydrogens (tertiary/aromatic N) is 2. The molecule has 250 valence electrons. The van der Waals surface area contributed by atoms with E-state index in [0.29, 0.717) is 25.0 Å². The molecule has 2 aliphatic rings. The summed E-state index contributed by atoms with van der Waals surface area (Å²) in [5.41, 5.74) is 3.81. The number of hydrogen-bond donors (Lipinski definition) is 0. The highest BCUT2D eigenvalue weighted by Crippen LogP contribution is 2.42. The summed E-state index contributed by atoms with van der Waals surface area (Å²) in [5, 5.41) is 6.46. The average molecular weight is 651 g/mol. The van der Waals surface area contributed by atoms with Crippen LogP contribution in [0.2, 0.25) is 0 Å². The molecule has 0 amide bonds. The van der Waals surface area contributed by atoms with Gasteiger partial charge < -0.3 is 23.7 Å². The van der Waals surface area contributed by atoms with Crippen LogP contribution in [-0.2, 0) is 30.3 Å². The molecule has 8 nitrogen and oxygen atoms in total. The molecule has 5 rings (SSSR count). The molecule has 0 bridgehead atoms. The molecule has 9 heteroatoms. The van der Waals surface area contributed by atoms with Crippen molar-refractivity contribution in [3.8, 4) is 28.1 Å². The molecular weight excluding hydrogens is 600 g/mol. The molecule has 46 heavy (non-hydrogen) atoms. The van der Waals surface area contributed by atoms with E-state index in [9.17, 15) is 4.79 Å². The Labute approximate surface area is 278 Å². The topological polar surface area (TPSA) is 81.0 Å². The van der Waals surface area contributed by atoms with Gasteiger partial charge in [0.25, 0.3) is 0 Å². The lowest BCUT2D eigenvalue weighted by Crippen LogP contribution is -2.28. The second kappa shape index (κ2) is 16.8. The number of esters is 1. The van der Waals surface area contributed by atoms with Gasteiger partial charge in [-0.05, 0) is 95.2 Å². The van der Waals surface area contributed by atoms with Crippen LogP contribution in [0.25, 0.3) is 22.4 Å². The molecular formula is C37H50N2O6S. The zero-order chi connectivity index (χ0) is 32.4. The van der Waals surface area contributed by atoms with Gasteiger partial charge >= 0.3 is 5.97 Å². The Balaban J connectivity index is 1.31. The quantitative estimate of drug-likeness (QED) is 0.0986. The fraction of sp³-hybridized carbons (Fsp3) is 0.568. The molecule has 1 saturated heterocycles. The number of carbonyl (C=O) groups excluding carboxylic acids is 1. The monoisotopic (exact) mass is 650 g/mol. The van der Waals surface area contributed by atoms with Crippen molar-refractivity contribution >= 4 is 17.7 Å². The zero-order valence-electron chi connectivity index (χ0n) is 27.9. The maximum absolute atomic E-state index is 12.1. The number of thioether (sulfide) groups is 1. The first-order valence-corrected chi connectivity index (χ1v) is 17.7. The maximum atomic E-state index is 12.1. The van der Waals surface area contributed by atoms with E-state index in [0.717, 1.165) is 97.0 Å². The van der Waals surface area contributed by atoms with E-state index >= 15 is 0 Å². The van der Waals surface area contributed by atoms with Gasteiger partial charge in [-0.2, -0.15) is 5.10 Å². The van der Waals surface area contributed by atoms with Gasteiger partial charge in [0.05, 0.1) is 20.3 Å². The maximum Gasteiger partial charge on any atom is 0.332 e. The summed E-state index contributed by atoms with van der Waals surface area (Å²) in [6.07, 6.45) is 7.48. The number of hydrogen-bond acceptors (Lipinski definition) is 8. The van der Waals surface area contributed by atoms with Gasteiger partial charge in [-0.3, -0.25) is 4.68 Å². The molecule has 1 aromatic heterocycles. The Morgan fingerprint density at radius 1 is 0.978 bits per heavy atom. The van der Waals surface area contributed by atoms with E-state index in [1.165, 1.54) is 0 Å². The number of rotatable bonds is 14. The predicted molar refractivity (Wildman–Crippen MR) is 182 cm³/mol. The lowest BCUT2D eigenvalue weighted by molar-refractivity contribution is -0.160. The molecule has 0 spiro atoms. The normalized spacial score (nSPS) is 20.4. The van der Waals surface area contributed by atoms with E-state index in [1.807, 2.05) is 50.7 Å². The fourth-order valence-electron chi connectivity index (χ4n) is 6.22. The summed E-state index contributed by atoms with van der Waals surface area (Å²) >= 11 is 1.81. The van der Waals surface area contributed by atoms with Gasteiger partial charge in [0.15, 0.2) is 6.29 Å². The third-order valence-corrected chi connectivity index (χ3v) is 9.53. The molecule has 2 heterocycles. The highest BCUT2D eigenvalue weighted by Gasteiger charge is 2.27. The molecule has 1 saturated carbocycles. The SMILES string of the molecule is COc1cccc(-c2c(-c3ccccc3)nn(C[C@H]3CC[C@H](COCC(=O)OC(C)(C)C)CC3)c2SCCOC2CCCCO2)c1. The van der Waals surface area contributed by atoms with Gasteiger partial charge in [-0.25, -0.2) is 4.79 Å². The van der Waals surface area contributed by atoms with Crippen LogP contribution in [-0.4, -0.2) is 66.9 Å². The van der Waals surface area contributed by atoms with Gasteiger partial charge in [0.2, 0.25) is 0 Å². The second-order valence-electron chi connectivity index (χ2n) is 13.3. The summed E-state index contributed by atoms with van der Waals surface area (Å²) in [6, 6.07) is 18.7. The van der Waals surface area contributed by atoms with Crippen molar-refractivity contribution in [2.24, 2.45) is 11.8 Å². The van der Waals surface area contributed by atoms with E-state index in [2.05, 4.69) is 41.1 Å². The Bertz CT molecular complexity index is 1370. The number of methoxy groups -OCH3 is 1. The first kappa shape index (κ1) is 34.5. The molecule has 3 aromatic rings. The summed E-state index contributed by atoms with van der Waals surface area (Å²) in [4.78, 5) is 12.1. The lowest BCUT2D eigenvalue weighted by Gasteiger charge is -2.29. The molecule has 1 atom stereocenters. The van der Waals surface area contributed by atoms with Crippen molar-refractivity contribution in [3.05, 3.63) is 54.6 Å². The predicted octanol–water partition coefficient (Wildman–Crippen LogP) is 8.03. The average Bonchev–Trinajstić information content (AvgIpc) is 3.41. The third-order valence-electron chi connectivity index (χ3n) is 8.47. The van der Waals surface area contributed by atoms with Crippen LogP contribution in [0.4, 0.5) is 0 Å². The summed E-state index contributed by atoms with van der Waals surface area (Å²) < 4.78 is 30.9. The van der Waals surface area contributed by atoms with Crippen LogP contribution in [0.5, 0.6) is 5.75 Å². The molecule has 1 aliphatic heterocycles. The molecule has 2 aromatic carbocycles. The first-order valence-electron chi connectivity index (χ1n) is 16.8. The molecule has 1 unspecified atom stereocenters. The summed E-state index contributed by atoms with van der Waals surface area (Å²) in [5.74, 6) is 2.29. The van der Waals surface area contributed by atoms with Crippen molar-refractivity contribution in [3.63, 3.8) is 0 Å². The molecule has 1 aliphatic carbocycles. The minimum Gasteiger partial charge on any atom is -0.497 e. The molecule has 0 radical (unpaired) electrons. The number of aromatic nitrogens is 2. The number of carbonyl (C=O) groups is 1. The minimum absolute atomic E-state index is 0.0109. The van der Waals surface area contributed by atoms with Crippen molar-refractivity contribution in [2.75, 3.05) is 39.3 Å². The highest BCUT2D eigenvalue weighted by atomic mass is 32.2. The van der Waals surface area contributed by atoms with Gasteiger partial charge in [0, 0.05) is 30.0 Å². The zero-order valence-corrected chi connectivity index (χ0v) is 28.7. The van der Waals surface area contributed by atoms with E-state index < -0.39 is 5.60 Å². The van der Waals surface area contributed by atoms with E-state index in [4.69, 9.17) is 28.8 Å². The van der Waals surface area contributed by atoms with Crippen LogP contribution in [0.3, 0.4) is 0 Å². The lowest BCUT2D eigenvalue weighted by atomic mass is 9.82. The molecule has 0 N–H and O–H groups in total. The van der Waals surface area contributed by atoms with Crippen LogP contribution in [0, 0.1) is 11.8 Å². The smallest absolute Gasteiger partial charge is 0.332 e. The van der Waals surface area contributed by atoms with Crippen molar-refractivity contribution < 1.29 is 28.5 Å². The van der Waals surface area contributed by atoms with Gasteiger partial charge in [-0.15, -0.1) is 11.8 Å². The largest absolute Gasteiger partial charge is 0.497 e. The number of ether oxygens (including phenoxy) is 5.